The molecule has 2 aliphatic rings. The number of rotatable bonds is 6. The Morgan fingerprint density at radius 3 is 2.85 bits per heavy atom. The number of carbonyl (C=O) groups is 1. The lowest BCUT2D eigenvalue weighted by molar-refractivity contribution is -0.133. The molecule has 142 valence electrons. The number of aliphatic imine (C=N–C) groups is 1. The molecule has 3 rings (SSSR count). The molecule has 1 aromatic carbocycles. The van der Waals surface area contributed by atoms with Gasteiger partial charge in [0, 0.05) is 31.1 Å². The first kappa shape index (κ1) is 18.8. The molecule has 0 radical (unpaired) electrons. The minimum absolute atomic E-state index is 0.0755. The molecule has 0 aliphatic carbocycles. The van der Waals surface area contributed by atoms with Crippen molar-refractivity contribution in [3.05, 3.63) is 29.8 Å². The average molecular weight is 378 g/mol. The third kappa shape index (κ3) is 3.91. The second kappa shape index (κ2) is 7.75. The van der Waals surface area contributed by atoms with Crippen LogP contribution in [0.15, 0.2) is 34.2 Å². The molecule has 2 unspecified atom stereocenters. The van der Waals surface area contributed by atoms with Crippen molar-refractivity contribution in [3.63, 3.8) is 0 Å². The Bertz CT molecular complexity index is 800. The van der Waals surface area contributed by atoms with E-state index in [4.69, 9.17) is 0 Å². The van der Waals surface area contributed by atoms with Gasteiger partial charge in [-0.2, -0.15) is 0 Å². The van der Waals surface area contributed by atoms with E-state index in [-0.39, 0.29) is 29.3 Å². The van der Waals surface area contributed by atoms with Crippen molar-refractivity contribution in [1.29, 1.82) is 0 Å². The molecule has 2 heterocycles. The second-order valence-electron chi connectivity index (χ2n) is 6.87. The monoisotopic (exact) mass is 378 g/mol. The van der Waals surface area contributed by atoms with E-state index in [0.717, 1.165) is 32.5 Å². The van der Waals surface area contributed by atoms with Crippen LogP contribution in [-0.2, 0) is 14.8 Å². The lowest BCUT2D eigenvalue weighted by Crippen LogP contribution is -2.43. The summed E-state index contributed by atoms with van der Waals surface area (Å²) < 4.78 is 26.8. The van der Waals surface area contributed by atoms with Crippen LogP contribution in [0.1, 0.15) is 38.7 Å². The fourth-order valence-corrected chi connectivity index (χ4v) is 4.76. The summed E-state index contributed by atoms with van der Waals surface area (Å²) in [6.45, 7) is 6.42. The minimum Gasteiger partial charge on any atom is -0.338 e. The summed E-state index contributed by atoms with van der Waals surface area (Å²) in [4.78, 5) is 19.4. The molecule has 0 saturated carbocycles. The Labute approximate surface area is 154 Å². The zero-order chi connectivity index (χ0) is 18.7. The standard InChI is InChI=1S/C18H26N4O3S/c1-3-10-22(14-8-9-19-12-14)17(23)11-13(2)20-18-15-6-4-5-7-16(15)26(24,25)21-18/h4-7,13-14,19H,3,8-12H2,1-2H3,(H,20,21). The van der Waals surface area contributed by atoms with E-state index < -0.39 is 10.0 Å². The number of hydrogen-bond donors (Lipinski definition) is 2. The zero-order valence-corrected chi connectivity index (χ0v) is 16.1. The van der Waals surface area contributed by atoms with Crippen molar-refractivity contribution >= 4 is 21.8 Å². The maximum Gasteiger partial charge on any atom is 0.263 e. The molecule has 1 aromatic rings. The Balaban J connectivity index is 1.73. The molecule has 2 N–H and O–H groups in total. The summed E-state index contributed by atoms with van der Waals surface area (Å²) in [6.07, 6.45) is 2.16. The number of benzene rings is 1. The van der Waals surface area contributed by atoms with E-state index in [1.165, 1.54) is 0 Å². The first-order chi connectivity index (χ1) is 12.4. The number of amidine groups is 1. The van der Waals surface area contributed by atoms with Crippen LogP contribution in [-0.4, -0.2) is 56.8 Å². The molecular weight excluding hydrogens is 352 g/mol. The number of fused-ring (bicyclic) bond motifs is 1. The second-order valence-corrected chi connectivity index (χ2v) is 8.52. The van der Waals surface area contributed by atoms with Crippen molar-refractivity contribution in [3.8, 4) is 0 Å². The number of nitrogens with one attached hydrogen (secondary N) is 2. The van der Waals surface area contributed by atoms with Crippen LogP contribution in [0.5, 0.6) is 0 Å². The van der Waals surface area contributed by atoms with Crippen LogP contribution in [0.3, 0.4) is 0 Å². The van der Waals surface area contributed by atoms with Gasteiger partial charge < -0.3 is 10.2 Å². The molecular formula is C18H26N4O3S. The van der Waals surface area contributed by atoms with E-state index in [2.05, 4.69) is 22.0 Å². The first-order valence-electron chi connectivity index (χ1n) is 9.12. The van der Waals surface area contributed by atoms with E-state index in [0.29, 0.717) is 11.4 Å². The molecule has 0 spiro atoms. The number of sulfonamides is 1. The normalized spacial score (nSPS) is 23.5. The Morgan fingerprint density at radius 2 is 2.15 bits per heavy atom. The van der Waals surface area contributed by atoms with Gasteiger partial charge in [0.05, 0.1) is 10.9 Å². The van der Waals surface area contributed by atoms with Gasteiger partial charge >= 0.3 is 0 Å². The topological polar surface area (TPSA) is 90.9 Å². The highest BCUT2D eigenvalue weighted by Crippen LogP contribution is 2.23. The van der Waals surface area contributed by atoms with Crippen LogP contribution < -0.4 is 10.0 Å². The van der Waals surface area contributed by atoms with Crippen molar-refractivity contribution in [2.24, 2.45) is 4.99 Å². The third-order valence-electron chi connectivity index (χ3n) is 4.74. The summed E-state index contributed by atoms with van der Waals surface area (Å²) in [5.41, 5.74) is 0.567. The smallest absolute Gasteiger partial charge is 0.263 e. The predicted molar refractivity (Wildman–Crippen MR) is 101 cm³/mol. The predicted octanol–water partition coefficient (Wildman–Crippen LogP) is 1.10. The fourth-order valence-electron chi connectivity index (χ4n) is 3.52. The Morgan fingerprint density at radius 1 is 1.38 bits per heavy atom. The SMILES string of the molecule is CCCN(C(=O)CC(C)N=C1NS(=O)(=O)c2ccccc21)C1CCNC1. The van der Waals surface area contributed by atoms with Crippen molar-refractivity contribution in [1.82, 2.24) is 14.9 Å². The van der Waals surface area contributed by atoms with E-state index in [1.807, 2.05) is 11.8 Å². The highest BCUT2D eigenvalue weighted by molar-refractivity contribution is 7.90. The van der Waals surface area contributed by atoms with Gasteiger partial charge in [-0.1, -0.05) is 19.1 Å². The van der Waals surface area contributed by atoms with Gasteiger partial charge in [0.15, 0.2) is 0 Å². The first-order valence-corrected chi connectivity index (χ1v) is 10.6. The number of nitrogens with zero attached hydrogens (tertiary/aromatic N) is 2. The van der Waals surface area contributed by atoms with E-state index in [1.54, 1.807) is 24.3 Å². The summed E-state index contributed by atoms with van der Waals surface area (Å²) in [7, 11) is -3.55. The van der Waals surface area contributed by atoms with Gasteiger partial charge in [0.25, 0.3) is 10.0 Å². The van der Waals surface area contributed by atoms with Gasteiger partial charge in [-0.15, -0.1) is 0 Å². The number of carbonyl (C=O) groups excluding carboxylic acids is 1. The van der Waals surface area contributed by atoms with Crippen molar-refractivity contribution < 1.29 is 13.2 Å². The Kier molecular flexibility index (Phi) is 5.62. The lowest BCUT2D eigenvalue weighted by atomic mass is 10.1. The van der Waals surface area contributed by atoms with Gasteiger partial charge in [0.2, 0.25) is 5.91 Å². The largest absolute Gasteiger partial charge is 0.338 e. The third-order valence-corrected chi connectivity index (χ3v) is 6.14. The maximum atomic E-state index is 12.8. The van der Waals surface area contributed by atoms with E-state index >= 15 is 0 Å². The van der Waals surface area contributed by atoms with Crippen LogP contribution in [0, 0.1) is 0 Å². The summed E-state index contributed by atoms with van der Waals surface area (Å²) in [6, 6.07) is 6.70. The highest BCUT2D eigenvalue weighted by atomic mass is 32.2. The van der Waals surface area contributed by atoms with Crippen molar-refractivity contribution in [2.45, 2.75) is 50.1 Å². The molecule has 1 saturated heterocycles. The molecule has 1 amide bonds. The van der Waals surface area contributed by atoms with Gasteiger partial charge in [-0.05, 0) is 38.4 Å². The Hall–Kier alpha value is -1.93. The molecule has 0 aromatic heterocycles. The quantitative estimate of drug-likeness (QED) is 0.776. The van der Waals surface area contributed by atoms with Crippen molar-refractivity contribution in [2.75, 3.05) is 19.6 Å². The van der Waals surface area contributed by atoms with Gasteiger partial charge in [0.1, 0.15) is 5.84 Å². The zero-order valence-electron chi connectivity index (χ0n) is 15.2. The summed E-state index contributed by atoms with van der Waals surface area (Å²) in [5, 5.41) is 3.30. The van der Waals surface area contributed by atoms with Gasteiger partial charge in [-0.25, -0.2) is 8.42 Å². The van der Waals surface area contributed by atoms with Crippen LogP contribution in [0.2, 0.25) is 0 Å². The molecule has 2 aliphatic heterocycles. The van der Waals surface area contributed by atoms with Gasteiger partial charge in [-0.3, -0.25) is 14.5 Å². The average Bonchev–Trinajstić information content (AvgIpc) is 3.20. The lowest BCUT2D eigenvalue weighted by Gasteiger charge is -2.29. The minimum atomic E-state index is -3.55. The van der Waals surface area contributed by atoms with Crippen LogP contribution >= 0.6 is 0 Å². The number of amides is 1. The molecule has 8 heteroatoms. The van der Waals surface area contributed by atoms with Crippen LogP contribution in [0.4, 0.5) is 0 Å². The molecule has 7 nitrogen and oxygen atoms in total. The summed E-state index contributed by atoms with van der Waals surface area (Å²) >= 11 is 0. The molecule has 2 atom stereocenters. The fraction of sp³-hybridized carbons (Fsp3) is 0.556. The van der Waals surface area contributed by atoms with Crippen LogP contribution in [0.25, 0.3) is 0 Å². The summed E-state index contributed by atoms with van der Waals surface area (Å²) in [5.74, 6) is 0.400. The maximum absolute atomic E-state index is 12.8. The molecule has 26 heavy (non-hydrogen) atoms. The molecule has 1 fully saturated rings. The van der Waals surface area contributed by atoms with E-state index in [9.17, 15) is 13.2 Å². The highest BCUT2D eigenvalue weighted by Gasteiger charge is 2.31. The molecule has 0 bridgehead atoms. The number of hydrogen-bond acceptors (Lipinski definition) is 5.